The third-order valence-corrected chi connectivity index (χ3v) is 3.00. The lowest BCUT2D eigenvalue weighted by atomic mass is 10.2. The van der Waals surface area contributed by atoms with Crippen molar-refractivity contribution in [2.24, 2.45) is 0 Å². The van der Waals surface area contributed by atoms with E-state index in [0.29, 0.717) is 3.57 Å². The highest BCUT2D eigenvalue weighted by atomic mass is 127. The molecule has 0 saturated carbocycles. The third-order valence-electron chi connectivity index (χ3n) is 2.06. The summed E-state index contributed by atoms with van der Waals surface area (Å²) >= 11 is 1.75. The summed E-state index contributed by atoms with van der Waals surface area (Å²) in [7, 11) is 0. The molecule has 112 valence electrons. The molecule has 0 aliphatic carbocycles. The zero-order valence-corrected chi connectivity index (χ0v) is 12.4. The van der Waals surface area contributed by atoms with E-state index in [9.17, 15) is 22.4 Å². The number of rotatable bonds is 5. The predicted molar refractivity (Wildman–Crippen MR) is 68.8 cm³/mol. The van der Waals surface area contributed by atoms with Crippen LogP contribution in [0.2, 0.25) is 0 Å². The molecule has 4 nitrogen and oxygen atoms in total. The first-order chi connectivity index (χ1) is 9.26. The van der Waals surface area contributed by atoms with E-state index in [2.05, 4.69) is 14.5 Å². The van der Waals surface area contributed by atoms with Gasteiger partial charge in [-0.05, 0) is 35.6 Å². The second-order valence-electron chi connectivity index (χ2n) is 3.54. The van der Waals surface area contributed by atoms with Gasteiger partial charge in [-0.3, -0.25) is 4.79 Å². The van der Waals surface area contributed by atoms with Crippen LogP contribution in [0.5, 0.6) is 5.88 Å². The summed E-state index contributed by atoms with van der Waals surface area (Å²) < 4.78 is 58.0. The van der Waals surface area contributed by atoms with Crippen LogP contribution < -0.4 is 4.74 Å². The van der Waals surface area contributed by atoms with E-state index in [0.717, 1.165) is 6.07 Å². The molecule has 0 bridgehead atoms. The molecule has 1 aromatic rings. The monoisotopic (exact) mass is 407 g/mol. The number of halogens is 5. The highest BCUT2D eigenvalue weighted by Crippen LogP contribution is 2.28. The van der Waals surface area contributed by atoms with Crippen LogP contribution in [-0.4, -0.2) is 23.9 Å². The third kappa shape index (κ3) is 5.10. The number of esters is 1. The van der Waals surface area contributed by atoms with Crippen LogP contribution in [0, 0.1) is 3.57 Å². The molecule has 0 atom stereocenters. The summed E-state index contributed by atoms with van der Waals surface area (Å²) in [5.41, 5.74) is -0.292. The van der Waals surface area contributed by atoms with E-state index in [1.54, 1.807) is 29.5 Å². The van der Waals surface area contributed by atoms with Crippen LogP contribution in [0.4, 0.5) is 17.6 Å². The lowest BCUT2D eigenvalue weighted by molar-refractivity contribution is -0.276. The summed E-state index contributed by atoms with van der Waals surface area (Å²) in [6, 6.07) is 1.16. The van der Waals surface area contributed by atoms with Crippen molar-refractivity contribution in [3.8, 4) is 5.88 Å². The highest BCUT2D eigenvalue weighted by Gasteiger charge is 2.33. The second-order valence-corrected chi connectivity index (χ2v) is 4.71. The Balaban J connectivity index is 3.07. The molecule has 0 fully saturated rings. The van der Waals surface area contributed by atoms with Crippen molar-refractivity contribution >= 4 is 28.6 Å². The van der Waals surface area contributed by atoms with Gasteiger partial charge in [-0.2, -0.15) is 0 Å². The number of ether oxygens (including phenoxy) is 2. The van der Waals surface area contributed by atoms with E-state index in [4.69, 9.17) is 0 Å². The van der Waals surface area contributed by atoms with Crippen molar-refractivity contribution in [2.45, 2.75) is 26.4 Å². The number of hydrogen-bond donors (Lipinski definition) is 0. The molecule has 0 saturated heterocycles. The Bertz CT molecular complexity index is 493. The van der Waals surface area contributed by atoms with E-state index >= 15 is 0 Å². The summed E-state index contributed by atoms with van der Waals surface area (Å²) in [5.74, 6) is -1.52. The number of nitrogens with zero attached hydrogens (tertiary/aromatic N) is 1. The molecule has 9 heteroatoms. The molecular formula is C11H10F4INO3. The number of carbonyl (C=O) groups is 1. The fraction of sp³-hybridized carbons (Fsp3) is 0.455. The van der Waals surface area contributed by atoms with Gasteiger partial charge in [0.25, 0.3) is 0 Å². The van der Waals surface area contributed by atoms with Crippen LogP contribution in [0.3, 0.4) is 0 Å². The molecule has 0 aliphatic rings. The zero-order valence-electron chi connectivity index (χ0n) is 10.3. The minimum atomic E-state index is -4.98. The number of carbonyl (C=O) groups excluding carboxylic acids is 1. The van der Waals surface area contributed by atoms with Crippen LogP contribution in [-0.2, 0) is 22.6 Å². The first-order valence-corrected chi connectivity index (χ1v) is 6.50. The largest absolute Gasteiger partial charge is 0.574 e. The van der Waals surface area contributed by atoms with Gasteiger partial charge in [0.2, 0.25) is 5.88 Å². The Labute approximate surface area is 125 Å². The zero-order chi connectivity index (χ0) is 15.3. The van der Waals surface area contributed by atoms with Crippen molar-refractivity contribution in [1.82, 2.24) is 4.98 Å². The molecule has 0 aliphatic heterocycles. The average molecular weight is 407 g/mol. The first kappa shape index (κ1) is 16.9. The van der Waals surface area contributed by atoms with Crippen molar-refractivity contribution in [1.29, 1.82) is 0 Å². The van der Waals surface area contributed by atoms with Gasteiger partial charge in [0, 0.05) is 9.13 Å². The van der Waals surface area contributed by atoms with Gasteiger partial charge in [-0.25, -0.2) is 9.37 Å². The van der Waals surface area contributed by atoms with Gasteiger partial charge in [-0.15, -0.1) is 13.2 Å². The van der Waals surface area contributed by atoms with Gasteiger partial charge in [0.1, 0.15) is 6.67 Å². The molecule has 1 heterocycles. The molecule has 1 aromatic heterocycles. The quantitative estimate of drug-likeness (QED) is 0.428. The molecule has 0 aromatic carbocycles. The Hall–Kier alpha value is -1.13. The van der Waals surface area contributed by atoms with E-state index in [1.165, 1.54) is 0 Å². The van der Waals surface area contributed by atoms with Crippen LogP contribution in [0.15, 0.2) is 6.07 Å². The van der Waals surface area contributed by atoms with E-state index < -0.39 is 24.9 Å². The molecule has 0 radical (unpaired) electrons. The maximum atomic E-state index is 12.7. The average Bonchev–Trinajstić information content (AvgIpc) is 2.31. The molecule has 1 rings (SSSR count). The predicted octanol–water partition coefficient (Wildman–Crippen LogP) is 3.16. The van der Waals surface area contributed by atoms with Gasteiger partial charge in [0.15, 0.2) is 0 Å². The summed E-state index contributed by atoms with van der Waals surface area (Å²) in [5, 5.41) is 0. The van der Waals surface area contributed by atoms with Crippen molar-refractivity contribution in [2.75, 3.05) is 6.61 Å². The van der Waals surface area contributed by atoms with Crippen molar-refractivity contribution < 1.29 is 31.8 Å². The molecule has 20 heavy (non-hydrogen) atoms. The van der Waals surface area contributed by atoms with Crippen LogP contribution in [0.25, 0.3) is 0 Å². The Kier molecular flexibility index (Phi) is 5.96. The molecular weight excluding hydrogens is 397 g/mol. The highest BCUT2D eigenvalue weighted by molar-refractivity contribution is 14.1. The topological polar surface area (TPSA) is 48.4 Å². The SMILES string of the molecule is CCOC(=O)Cc1nc(OC(F)(F)F)c(CF)cc1I. The molecule has 0 amide bonds. The number of alkyl halides is 4. The molecule has 0 N–H and O–H groups in total. The minimum Gasteiger partial charge on any atom is -0.466 e. The lowest BCUT2D eigenvalue weighted by Crippen LogP contribution is -2.20. The van der Waals surface area contributed by atoms with Crippen LogP contribution >= 0.6 is 22.6 Å². The summed E-state index contributed by atoms with van der Waals surface area (Å²) in [6.45, 7) is 0.582. The summed E-state index contributed by atoms with van der Waals surface area (Å²) in [6.07, 6.45) is -5.29. The van der Waals surface area contributed by atoms with E-state index in [-0.39, 0.29) is 24.3 Å². The lowest BCUT2D eigenvalue weighted by Gasteiger charge is -2.13. The summed E-state index contributed by atoms with van der Waals surface area (Å²) in [4.78, 5) is 14.9. The fourth-order valence-electron chi connectivity index (χ4n) is 1.31. The van der Waals surface area contributed by atoms with Gasteiger partial charge in [0.05, 0.1) is 18.7 Å². The van der Waals surface area contributed by atoms with Crippen molar-refractivity contribution in [3.63, 3.8) is 0 Å². The number of hydrogen-bond acceptors (Lipinski definition) is 4. The smallest absolute Gasteiger partial charge is 0.466 e. The number of pyridine rings is 1. The Morgan fingerprint density at radius 2 is 2.10 bits per heavy atom. The van der Waals surface area contributed by atoms with Gasteiger partial charge < -0.3 is 9.47 Å². The molecule has 0 unspecified atom stereocenters. The first-order valence-electron chi connectivity index (χ1n) is 5.42. The van der Waals surface area contributed by atoms with E-state index in [1.807, 2.05) is 0 Å². The second kappa shape index (κ2) is 7.04. The molecule has 0 spiro atoms. The van der Waals surface area contributed by atoms with Gasteiger partial charge >= 0.3 is 12.3 Å². The van der Waals surface area contributed by atoms with Gasteiger partial charge in [-0.1, -0.05) is 0 Å². The van der Waals surface area contributed by atoms with Crippen LogP contribution in [0.1, 0.15) is 18.2 Å². The van der Waals surface area contributed by atoms with Crippen molar-refractivity contribution in [3.05, 3.63) is 20.9 Å². The minimum absolute atomic E-state index is 0.0421. The normalized spacial score (nSPS) is 11.3. The number of aromatic nitrogens is 1. The standard InChI is InChI=1S/C11H10F4INO3/c1-2-19-9(18)4-8-7(16)3-6(5-12)10(17-8)20-11(13,14)15/h3H,2,4-5H2,1H3. The maximum absolute atomic E-state index is 12.7. The Morgan fingerprint density at radius 1 is 1.45 bits per heavy atom. The maximum Gasteiger partial charge on any atom is 0.574 e. The fourth-order valence-corrected chi connectivity index (χ4v) is 2.00. The Morgan fingerprint density at radius 3 is 2.60 bits per heavy atom.